The summed E-state index contributed by atoms with van der Waals surface area (Å²) in [6.07, 6.45) is 3.94. The van der Waals surface area contributed by atoms with Gasteiger partial charge in [-0.1, -0.05) is 11.8 Å². The van der Waals surface area contributed by atoms with Crippen molar-refractivity contribution in [2.45, 2.75) is 43.5 Å². The molecule has 7 nitrogen and oxygen atoms in total. The van der Waals surface area contributed by atoms with Crippen molar-refractivity contribution in [1.29, 1.82) is 5.26 Å². The lowest BCUT2D eigenvalue weighted by Crippen LogP contribution is -2.38. The maximum atomic E-state index is 8.65. The number of hydrogen-bond acceptors (Lipinski definition) is 7. The number of aromatic nitrogens is 3. The van der Waals surface area contributed by atoms with Gasteiger partial charge in [-0.3, -0.25) is 4.57 Å². The molecule has 2 fully saturated rings. The normalized spacial score (nSPS) is 21.5. The minimum atomic E-state index is 0.254. The molecular weight excluding hydrogens is 314 g/mol. The van der Waals surface area contributed by atoms with Crippen LogP contribution in [0.1, 0.15) is 25.7 Å². The fraction of sp³-hybridized carbons (Fsp3) is 0.800. The minimum absolute atomic E-state index is 0.254. The molecule has 126 valence electrons. The summed E-state index contributed by atoms with van der Waals surface area (Å²) in [5.41, 5.74) is 0. The van der Waals surface area contributed by atoms with Crippen molar-refractivity contribution >= 4 is 17.7 Å². The van der Waals surface area contributed by atoms with E-state index >= 15 is 0 Å². The summed E-state index contributed by atoms with van der Waals surface area (Å²) >= 11 is 1.68. The van der Waals surface area contributed by atoms with Crippen molar-refractivity contribution in [3.8, 4) is 6.07 Å². The Labute approximate surface area is 140 Å². The van der Waals surface area contributed by atoms with Gasteiger partial charge >= 0.3 is 0 Å². The van der Waals surface area contributed by atoms with E-state index in [1.807, 2.05) is 0 Å². The lowest BCUT2D eigenvalue weighted by atomic mass is 10.2. The van der Waals surface area contributed by atoms with E-state index in [1.54, 1.807) is 11.8 Å². The average molecular weight is 337 g/mol. The van der Waals surface area contributed by atoms with E-state index in [0.29, 0.717) is 6.42 Å². The third-order valence-electron chi connectivity index (χ3n) is 4.07. The number of nitriles is 1. The van der Waals surface area contributed by atoms with Crippen LogP contribution in [0.5, 0.6) is 0 Å². The number of ether oxygens (including phenoxy) is 2. The van der Waals surface area contributed by atoms with Crippen LogP contribution >= 0.6 is 11.8 Å². The number of rotatable bonds is 7. The highest BCUT2D eigenvalue weighted by molar-refractivity contribution is 7.99. The Morgan fingerprint density at radius 1 is 1.26 bits per heavy atom. The quantitative estimate of drug-likeness (QED) is 0.553. The van der Waals surface area contributed by atoms with E-state index in [-0.39, 0.29) is 6.10 Å². The smallest absolute Gasteiger partial charge is 0.228 e. The average Bonchev–Trinajstić information content (AvgIpc) is 3.23. The van der Waals surface area contributed by atoms with Gasteiger partial charge in [0.15, 0.2) is 5.16 Å². The van der Waals surface area contributed by atoms with Gasteiger partial charge in [-0.15, -0.1) is 10.2 Å². The molecule has 1 aromatic heterocycles. The molecule has 23 heavy (non-hydrogen) atoms. The van der Waals surface area contributed by atoms with Gasteiger partial charge in [-0.05, 0) is 19.3 Å². The van der Waals surface area contributed by atoms with Crippen LogP contribution in [-0.2, 0) is 16.0 Å². The number of hydrogen-bond donors (Lipinski definition) is 0. The van der Waals surface area contributed by atoms with Crippen molar-refractivity contribution in [2.24, 2.45) is 0 Å². The Hall–Kier alpha value is -1.30. The van der Waals surface area contributed by atoms with Crippen molar-refractivity contribution in [3.63, 3.8) is 0 Å². The zero-order chi connectivity index (χ0) is 15.9. The molecular formula is C15H23N5O2S. The topological polar surface area (TPSA) is 76.2 Å². The first-order valence-corrected chi connectivity index (χ1v) is 9.24. The van der Waals surface area contributed by atoms with E-state index in [9.17, 15) is 0 Å². The van der Waals surface area contributed by atoms with E-state index in [1.165, 1.54) is 0 Å². The molecule has 1 atom stereocenters. The van der Waals surface area contributed by atoms with Crippen molar-refractivity contribution < 1.29 is 9.47 Å². The lowest BCUT2D eigenvalue weighted by Gasteiger charge is -2.28. The fourth-order valence-corrected chi connectivity index (χ4v) is 3.73. The number of morpholine rings is 1. The summed E-state index contributed by atoms with van der Waals surface area (Å²) in [7, 11) is 0. The van der Waals surface area contributed by atoms with Gasteiger partial charge in [0.1, 0.15) is 0 Å². The molecule has 0 bridgehead atoms. The molecule has 2 aliphatic heterocycles. The summed E-state index contributed by atoms with van der Waals surface area (Å²) in [5.74, 6) is 1.81. The number of thioether (sulfide) groups is 1. The first kappa shape index (κ1) is 16.6. The molecule has 0 spiro atoms. The predicted molar refractivity (Wildman–Crippen MR) is 87.6 cm³/mol. The Kier molecular flexibility index (Phi) is 6.13. The van der Waals surface area contributed by atoms with E-state index in [2.05, 4.69) is 25.7 Å². The highest BCUT2D eigenvalue weighted by Gasteiger charge is 2.24. The molecule has 0 aliphatic carbocycles. The van der Waals surface area contributed by atoms with Crippen molar-refractivity contribution in [3.05, 3.63) is 0 Å². The summed E-state index contributed by atoms with van der Waals surface area (Å²) in [5, 5.41) is 18.4. The Bertz CT molecular complexity index is 532. The first-order chi connectivity index (χ1) is 11.4. The molecule has 3 rings (SSSR count). The molecule has 0 amide bonds. The Morgan fingerprint density at radius 3 is 2.87 bits per heavy atom. The van der Waals surface area contributed by atoms with E-state index in [0.717, 1.165) is 75.6 Å². The van der Waals surface area contributed by atoms with Gasteiger partial charge in [-0.25, -0.2) is 0 Å². The number of nitrogens with zero attached hydrogens (tertiary/aromatic N) is 5. The van der Waals surface area contributed by atoms with Crippen LogP contribution in [0, 0.1) is 11.3 Å². The number of unbranched alkanes of at least 4 members (excludes halogenated alkanes) is 1. The molecule has 3 heterocycles. The zero-order valence-corrected chi connectivity index (χ0v) is 14.1. The molecule has 8 heteroatoms. The van der Waals surface area contributed by atoms with E-state index < -0.39 is 0 Å². The van der Waals surface area contributed by atoms with E-state index in [4.69, 9.17) is 14.7 Å². The van der Waals surface area contributed by atoms with Crippen molar-refractivity contribution in [2.75, 3.05) is 43.6 Å². The second-order valence-corrected chi connectivity index (χ2v) is 6.80. The molecule has 0 radical (unpaired) electrons. The first-order valence-electron chi connectivity index (χ1n) is 8.25. The van der Waals surface area contributed by atoms with Crippen LogP contribution < -0.4 is 4.90 Å². The van der Waals surface area contributed by atoms with Crippen molar-refractivity contribution in [1.82, 2.24) is 14.8 Å². The third kappa shape index (κ3) is 4.37. The highest BCUT2D eigenvalue weighted by atomic mass is 32.2. The summed E-state index contributed by atoms with van der Waals surface area (Å²) in [6, 6.07) is 2.19. The molecule has 0 N–H and O–H groups in total. The maximum absolute atomic E-state index is 8.65. The summed E-state index contributed by atoms with van der Waals surface area (Å²) in [6.45, 7) is 4.82. The molecule has 2 aliphatic rings. The molecule has 0 saturated carbocycles. The second kappa shape index (κ2) is 8.52. The van der Waals surface area contributed by atoms with Gasteiger partial charge in [0.2, 0.25) is 5.95 Å². The summed E-state index contributed by atoms with van der Waals surface area (Å²) < 4.78 is 13.4. The SMILES string of the molecule is N#CCCCSc1nnc(N2CCOCC2)n1CC1CCCO1. The van der Waals surface area contributed by atoms with Gasteiger partial charge in [0, 0.05) is 31.9 Å². The van der Waals surface area contributed by atoms with Crippen LogP contribution in [0.4, 0.5) is 5.95 Å². The summed E-state index contributed by atoms with van der Waals surface area (Å²) in [4.78, 5) is 2.24. The molecule has 2 saturated heterocycles. The lowest BCUT2D eigenvalue weighted by molar-refractivity contribution is 0.0942. The van der Waals surface area contributed by atoms with Crippen LogP contribution in [-0.4, -0.2) is 59.5 Å². The van der Waals surface area contributed by atoms with Crippen LogP contribution in [0.15, 0.2) is 5.16 Å². The van der Waals surface area contributed by atoms with Crippen LogP contribution in [0.2, 0.25) is 0 Å². The monoisotopic (exact) mass is 337 g/mol. The maximum Gasteiger partial charge on any atom is 0.228 e. The van der Waals surface area contributed by atoms with Gasteiger partial charge < -0.3 is 14.4 Å². The zero-order valence-electron chi connectivity index (χ0n) is 13.3. The Morgan fingerprint density at radius 2 is 2.13 bits per heavy atom. The largest absolute Gasteiger partial charge is 0.378 e. The Balaban J connectivity index is 1.71. The van der Waals surface area contributed by atoms with Gasteiger partial charge in [0.05, 0.1) is 31.9 Å². The standard InChI is InChI=1S/C15H23N5O2S/c16-5-1-2-11-23-15-18-17-14(19-6-9-21-10-7-19)20(15)12-13-4-3-8-22-13/h13H,1-4,6-12H2. The fourth-order valence-electron chi connectivity index (χ4n) is 2.85. The predicted octanol–water partition coefficient (Wildman–Crippen LogP) is 1.69. The second-order valence-electron chi connectivity index (χ2n) is 5.74. The molecule has 1 unspecified atom stereocenters. The molecule has 1 aromatic rings. The van der Waals surface area contributed by atoms with Gasteiger partial charge in [0.25, 0.3) is 0 Å². The highest BCUT2D eigenvalue weighted by Crippen LogP contribution is 2.26. The van der Waals surface area contributed by atoms with Crippen LogP contribution in [0.3, 0.4) is 0 Å². The molecule has 0 aromatic carbocycles. The van der Waals surface area contributed by atoms with Crippen LogP contribution in [0.25, 0.3) is 0 Å². The van der Waals surface area contributed by atoms with Gasteiger partial charge in [-0.2, -0.15) is 5.26 Å². The number of anilines is 1. The minimum Gasteiger partial charge on any atom is -0.378 e. The third-order valence-corrected chi connectivity index (χ3v) is 5.12.